The highest BCUT2D eigenvalue weighted by Gasteiger charge is 2.24. The van der Waals surface area contributed by atoms with E-state index >= 15 is 0 Å². The Morgan fingerprint density at radius 2 is 1.66 bits per heavy atom. The summed E-state index contributed by atoms with van der Waals surface area (Å²) in [5.74, 6) is 0.0921. The van der Waals surface area contributed by atoms with Crippen LogP contribution in [0.4, 0.5) is 34.1 Å². The highest BCUT2D eigenvalue weighted by Crippen LogP contribution is 2.41. The molecule has 0 unspecified atom stereocenters. The maximum atomic E-state index is 11.7. The molecule has 0 aromatic heterocycles. The van der Waals surface area contributed by atoms with E-state index in [4.69, 9.17) is 16.3 Å². The molecule has 0 fully saturated rings. The Hall–Kier alpha value is -3.80. The van der Waals surface area contributed by atoms with E-state index in [0.29, 0.717) is 30.2 Å². The van der Waals surface area contributed by atoms with Crippen LogP contribution in [0.3, 0.4) is 0 Å². The maximum Gasteiger partial charge on any atom is 0.303 e. The van der Waals surface area contributed by atoms with E-state index in [9.17, 15) is 25.0 Å². The third-order valence-electron chi connectivity index (χ3n) is 4.41. The summed E-state index contributed by atoms with van der Waals surface area (Å²) >= 11 is 5.87. The predicted molar refractivity (Wildman–Crippen MR) is 120 cm³/mol. The van der Waals surface area contributed by atoms with E-state index in [2.05, 4.69) is 15.5 Å². The topological polar surface area (TPSA) is 153 Å². The zero-order valence-electron chi connectivity index (χ0n) is 17.8. The summed E-state index contributed by atoms with van der Waals surface area (Å²) in [7, 11) is 1.47. The molecule has 32 heavy (non-hydrogen) atoms. The Balaban J connectivity index is 2.65. The molecule has 0 aliphatic rings. The van der Waals surface area contributed by atoms with Gasteiger partial charge in [0.1, 0.15) is 16.5 Å². The van der Waals surface area contributed by atoms with Gasteiger partial charge in [-0.2, -0.15) is 0 Å². The number of carbonyl (C=O) groups excluding carboxylic acids is 1. The molecule has 0 bridgehead atoms. The summed E-state index contributed by atoms with van der Waals surface area (Å²) in [5, 5.41) is 32.6. The molecule has 13 heteroatoms. The number of nitro benzene ring substituents is 2. The van der Waals surface area contributed by atoms with Gasteiger partial charge in [0.05, 0.1) is 34.4 Å². The lowest BCUT2D eigenvalue weighted by atomic mass is 10.2. The number of nitro groups is 2. The number of anilines is 2. The molecule has 0 aliphatic carbocycles. The fourth-order valence-corrected chi connectivity index (χ4v) is 3.15. The van der Waals surface area contributed by atoms with Gasteiger partial charge >= 0.3 is 5.69 Å². The molecule has 1 N–H and O–H groups in total. The summed E-state index contributed by atoms with van der Waals surface area (Å²) in [6.07, 6.45) is 0. The molecule has 0 saturated carbocycles. The molecule has 0 spiro atoms. The van der Waals surface area contributed by atoms with E-state index < -0.39 is 21.2 Å². The lowest BCUT2D eigenvalue weighted by Crippen LogP contribution is -2.22. The minimum absolute atomic E-state index is 0.164. The first-order chi connectivity index (χ1) is 15.1. The van der Waals surface area contributed by atoms with E-state index in [1.54, 1.807) is 6.07 Å². The molecule has 2 rings (SSSR count). The molecule has 0 saturated heterocycles. The SMILES string of the molecule is CCN(CC)c1cc(NC(C)=O)c(N=Nc2cc(Cl)c([N+](=O)[O-])cc2[N+](=O)[O-])cc1OC. The van der Waals surface area contributed by atoms with Crippen LogP contribution in [0, 0.1) is 20.2 Å². The van der Waals surface area contributed by atoms with E-state index in [-0.39, 0.29) is 22.3 Å². The van der Waals surface area contributed by atoms with Gasteiger partial charge in [0.25, 0.3) is 5.69 Å². The van der Waals surface area contributed by atoms with Crippen LogP contribution in [0.25, 0.3) is 0 Å². The number of benzene rings is 2. The third-order valence-corrected chi connectivity index (χ3v) is 4.72. The lowest BCUT2D eigenvalue weighted by Gasteiger charge is -2.24. The van der Waals surface area contributed by atoms with Crippen molar-refractivity contribution >= 4 is 51.6 Å². The van der Waals surface area contributed by atoms with Crippen LogP contribution < -0.4 is 15.0 Å². The van der Waals surface area contributed by atoms with Crippen molar-refractivity contribution in [3.8, 4) is 5.75 Å². The van der Waals surface area contributed by atoms with Crippen molar-refractivity contribution in [1.82, 2.24) is 0 Å². The van der Waals surface area contributed by atoms with Crippen LogP contribution in [-0.4, -0.2) is 36.0 Å². The number of nitrogens with zero attached hydrogens (tertiary/aromatic N) is 5. The van der Waals surface area contributed by atoms with E-state index in [1.165, 1.54) is 20.1 Å². The average molecular weight is 465 g/mol. The monoisotopic (exact) mass is 464 g/mol. The van der Waals surface area contributed by atoms with Gasteiger partial charge in [0.15, 0.2) is 5.69 Å². The number of methoxy groups -OCH3 is 1. The minimum atomic E-state index is -0.831. The van der Waals surface area contributed by atoms with Gasteiger partial charge in [-0.15, -0.1) is 10.2 Å². The first kappa shape index (κ1) is 24.5. The predicted octanol–water partition coefficient (Wildman–Crippen LogP) is 5.39. The summed E-state index contributed by atoms with van der Waals surface area (Å²) in [6.45, 7) is 6.61. The molecule has 2 aromatic rings. The summed E-state index contributed by atoms with van der Waals surface area (Å²) in [4.78, 5) is 34.5. The van der Waals surface area contributed by atoms with Gasteiger partial charge in [-0.1, -0.05) is 11.6 Å². The summed E-state index contributed by atoms with van der Waals surface area (Å²) < 4.78 is 5.45. The lowest BCUT2D eigenvalue weighted by molar-refractivity contribution is -0.393. The number of ether oxygens (including phenoxy) is 1. The van der Waals surface area contributed by atoms with E-state index in [0.717, 1.165) is 12.1 Å². The Morgan fingerprint density at radius 3 is 2.16 bits per heavy atom. The molecule has 1 amide bonds. The van der Waals surface area contributed by atoms with Crippen LogP contribution in [0.2, 0.25) is 5.02 Å². The minimum Gasteiger partial charge on any atom is -0.494 e. The van der Waals surface area contributed by atoms with Crippen LogP contribution in [0.15, 0.2) is 34.5 Å². The van der Waals surface area contributed by atoms with E-state index in [1.807, 2.05) is 18.7 Å². The van der Waals surface area contributed by atoms with Crippen LogP contribution in [0.5, 0.6) is 5.75 Å². The van der Waals surface area contributed by atoms with Crippen molar-refractivity contribution < 1.29 is 19.4 Å². The van der Waals surface area contributed by atoms with Crippen molar-refractivity contribution in [3.05, 3.63) is 49.5 Å². The zero-order valence-corrected chi connectivity index (χ0v) is 18.5. The molecule has 0 heterocycles. The summed E-state index contributed by atoms with van der Waals surface area (Å²) in [5.41, 5.74) is -0.369. The van der Waals surface area contributed by atoms with Crippen molar-refractivity contribution in [2.24, 2.45) is 10.2 Å². The van der Waals surface area contributed by atoms with Gasteiger partial charge < -0.3 is 15.0 Å². The number of amides is 1. The van der Waals surface area contributed by atoms with Gasteiger partial charge in [-0.3, -0.25) is 25.0 Å². The smallest absolute Gasteiger partial charge is 0.303 e. The summed E-state index contributed by atoms with van der Waals surface area (Å²) in [6, 6.07) is 4.90. The molecule has 0 aliphatic heterocycles. The van der Waals surface area contributed by atoms with Gasteiger partial charge in [-0.05, 0) is 26.0 Å². The molecular formula is C19H21ClN6O6. The Morgan fingerprint density at radius 1 is 1.06 bits per heavy atom. The quantitative estimate of drug-likeness (QED) is 0.296. The average Bonchev–Trinajstić information content (AvgIpc) is 2.73. The second-order valence-corrected chi connectivity index (χ2v) is 6.81. The molecule has 2 aromatic carbocycles. The normalized spacial score (nSPS) is 10.8. The second kappa shape index (κ2) is 10.5. The maximum absolute atomic E-state index is 11.7. The van der Waals surface area contributed by atoms with Crippen molar-refractivity contribution in [3.63, 3.8) is 0 Å². The fourth-order valence-electron chi connectivity index (χ4n) is 2.92. The highest BCUT2D eigenvalue weighted by molar-refractivity contribution is 6.33. The van der Waals surface area contributed by atoms with Crippen molar-refractivity contribution in [2.75, 3.05) is 30.4 Å². The number of rotatable bonds is 9. The Kier molecular flexibility index (Phi) is 8.02. The fraction of sp³-hybridized carbons (Fsp3) is 0.316. The van der Waals surface area contributed by atoms with Crippen LogP contribution in [0.1, 0.15) is 20.8 Å². The number of azo groups is 1. The first-order valence-electron chi connectivity index (χ1n) is 9.41. The second-order valence-electron chi connectivity index (χ2n) is 6.40. The Bertz CT molecular complexity index is 1090. The van der Waals surface area contributed by atoms with Crippen molar-refractivity contribution in [1.29, 1.82) is 0 Å². The Labute approximate surface area is 188 Å². The highest BCUT2D eigenvalue weighted by atomic mass is 35.5. The third kappa shape index (κ3) is 5.46. The standard InChI is InChI=1S/C19H21ClN6O6/c1-5-24(6-2)18-8-13(21-11(3)27)14(9-19(18)32-4)22-23-15-7-12(20)16(25(28)29)10-17(15)26(30)31/h7-10H,5-6H2,1-4H3,(H,21,27). The molecular weight excluding hydrogens is 444 g/mol. The first-order valence-corrected chi connectivity index (χ1v) is 9.79. The molecule has 0 atom stereocenters. The number of hydrogen-bond acceptors (Lipinski definition) is 9. The molecule has 0 radical (unpaired) electrons. The number of nitrogens with one attached hydrogen (secondary N) is 1. The van der Waals surface area contributed by atoms with Gasteiger partial charge in [0, 0.05) is 26.1 Å². The largest absolute Gasteiger partial charge is 0.494 e. The zero-order chi connectivity index (χ0) is 24.0. The van der Waals surface area contributed by atoms with Gasteiger partial charge in [-0.25, -0.2) is 0 Å². The molecule has 12 nitrogen and oxygen atoms in total. The van der Waals surface area contributed by atoms with Crippen LogP contribution in [-0.2, 0) is 4.79 Å². The number of carbonyl (C=O) groups is 1. The number of hydrogen-bond donors (Lipinski definition) is 1. The van der Waals surface area contributed by atoms with Crippen molar-refractivity contribution in [2.45, 2.75) is 20.8 Å². The number of halogens is 1. The molecule has 170 valence electrons. The van der Waals surface area contributed by atoms with Crippen LogP contribution >= 0.6 is 11.6 Å². The van der Waals surface area contributed by atoms with Gasteiger partial charge in [0.2, 0.25) is 5.91 Å².